The van der Waals surface area contributed by atoms with Crippen molar-refractivity contribution in [3.8, 4) is 0 Å². The van der Waals surface area contributed by atoms with Gasteiger partial charge in [0.1, 0.15) is 5.60 Å². The Hall–Kier alpha value is -4.02. The fourth-order valence-electron chi connectivity index (χ4n) is 4.20. The highest BCUT2D eigenvalue weighted by atomic mass is 16.6. The molecular formula is C30H60N14O3. The zero-order valence-corrected chi connectivity index (χ0v) is 28.6. The van der Waals surface area contributed by atoms with Crippen LogP contribution in [0.25, 0.3) is 0 Å². The number of nitrogens with one attached hydrogen (secondary N) is 11. The van der Waals surface area contributed by atoms with Crippen LogP contribution in [0.2, 0.25) is 0 Å². The van der Waals surface area contributed by atoms with Crippen molar-refractivity contribution < 1.29 is 14.3 Å². The number of hydrogen-bond donors (Lipinski definition) is 12. The molecule has 2 rings (SSSR count). The van der Waals surface area contributed by atoms with Crippen molar-refractivity contribution in [2.24, 2.45) is 22.6 Å². The van der Waals surface area contributed by atoms with Crippen LogP contribution in [0, 0.1) is 28.1 Å². The molecule has 13 N–H and O–H groups in total. The number of ether oxygens (including phenoxy) is 1. The molecule has 0 aromatic heterocycles. The largest absolute Gasteiger partial charge is 0.442 e. The van der Waals surface area contributed by atoms with Gasteiger partial charge in [0, 0.05) is 52.4 Å². The van der Waals surface area contributed by atoms with Gasteiger partial charge in [-0.3, -0.25) is 21.5 Å². The summed E-state index contributed by atoms with van der Waals surface area (Å²) in [6, 6.07) is -0.400. The van der Waals surface area contributed by atoms with Crippen LogP contribution in [-0.4, -0.2) is 112 Å². The highest BCUT2D eigenvalue weighted by molar-refractivity contribution is 5.94. The first-order valence-electron chi connectivity index (χ1n) is 16.9. The van der Waals surface area contributed by atoms with E-state index in [-0.39, 0.29) is 11.9 Å². The lowest BCUT2D eigenvalue weighted by Gasteiger charge is -2.24. The van der Waals surface area contributed by atoms with Crippen LogP contribution >= 0.6 is 0 Å². The van der Waals surface area contributed by atoms with Gasteiger partial charge in [-0.1, -0.05) is 0 Å². The average molecular weight is 665 g/mol. The third kappa shape index (κ3) is 22.2. The second-order valence-electron chi connectivity index (χ2n) is 13.0. The Morgan fingerprint density at radius 2 is 1.28 bits per heavy atom. The maximum Gasteiger partial charge on any atom is 0.437 e. The second kappa shape index (κ2) is 21.7. The molecule has 0 aromatic carbocycles. The third-order valence-corrected chi connectivity index (χ3v) is 7.12. The molecule has 17 heteroatoms. The maximum atomic E-state index is 13.0. The van der Waals surface area contributed by atoms with E-state index in [0.29, 0.717) is 63.4 Å². The number of carbonyl (C=O) groups is 2. The van der Waals surface area contributed by atoms with E-state index in [9.17, 15) is 9.59 Å². The topological polar surface area (TPSA) is 253 Å². The Morgan fingerprint density at radius 3 is 1.83 bits per heavy atom. The number of nitrogens with two attached hydrogens (primary N) is 1. The lowest BCUT2D eigenvalue weighted by molar-refractivity contribution is 0.0603. The van der Waals surface area contributed by atoms with Crippen molar-refractivity contribution in [3.63, 3.8) is 0 Å². The van der Waals surface area contributed by atoms with Gasteiger partial charge >= 0.3 is 12.1 Å². The zero-order chi connectivity index (χ0) is 34.5. The number of nitrogens with zero attached hydrogens (tertiary/aromatic N) is 2. The number of aliphatic imine (C=N–C) groups is 1. The van der Waals surface area contributed by atoms with Crippen molar-refractivity contribution in [2.75, 3.05) is 65.4 Å². The van der Waals surface area contributed by atoms with Gasteiger partial charge in [-0.05, 0) is 97.1 Å². The molecule has 0 saturated heterocycles. The van der Waals surface area contributed by atoms with Gasteiger partial charge in [0.2, 0.25) is 5.96 Å². The van der Waals surface area contributed by atoms with E-state index in [1.54, 1.807) is 25.7 Å². The molecule has 2 fully saturated rings. The van der Waals surface area contributed by atoms with Crippen LogP contribution in [0.1, 0.15) is 72.1 Å². The molecular weight excluding hydrogens is 604 g/mol. The summed E-state index contributed by atoms with van der Waals surface area (Å²) < 4.78 is 5.32. The standard InChI is InChI=1S/C30H60N14O3/c1-30(2,3)47-29(46)43-27(41-21-23-10-11-23)39-17-7-19-44(18-6-16-36-24(31)32)28(45)42-26(34)38-15-5-13-35-12-4-14-37-25(33)40-20-22-8-9-22/h22-23,35H,4-21H2,1-3H3,(H4,31,32,36)(H3,33,37,40)(H3,34,38,42,45)(H2,39,41,43,46). The first-order chi connectivity index (χ1) is 22.4. The Bertz CT molecular complexity index is 1020. The first-order valence-corrected chi connectivity index (χ1v) is 16.9. The van der Waals surface area contributed by atoms with Crippen LogP contribution in [0.5, 0.6) is 0 Å². The van der Waals surface area contributed by atoms with Crippen molar-refractivity contribution in [2.45, 2.75) is 77.7 Å². The molecule has 2 aliphatic rings. The quantitative estimate of drug-likeness (QED) is 0.0486. The van der Waals surface area contributed by atoms with Crippen LogP contribution in [-0.2, 0) is 4.74 Å². The summed E-state index contributed by atoms with van der Waals surface area (Å²) in [6.45, 7) is 11.5. The number of rotatable bonds is 20. The first kappa shape index (κ1) is 39.2. The Labute approximate surface area is 279 Å². The molecule has 0 unspecified atom stereocenters. The summed E-state index contributed by atoms with van der Waals surface area (Å²) in [5.74, 6) is 1.86. The minimum Gasteiger partial charge on any atom is -0.442 e. The van der Waals surface area contributed by atoms with Gasteiger partial charge in [0.25, 0.3) is 0 Å². The highest BCUT2D eigenvalue weighted by Gasteiger charge is 2.23. The molecule has 2 aliphatic carbocycles. The Morgan fingerprint density at radius 1 is 0.745 bits per heavy atom. The van der Waals surface area contributed by atoms with Crippen LogP contribution in [0.15, 0.2) is 4.99 Å². The van der Waals surface area contributed by atoms with E-state index in [1.165, 1.54) is 12.8 Å². The van der Waals surface area contributed by atoms with Crippen molar-refractivity contribution in [1.29, 1.82) is 16.2 Å². The van der Waals surface area contributed by atoms with Crippen molar-refractivity contribution in [3.05, 3.63) is 0 Å². The molecule has 0 atom stereocenters. The van der Waals surface area contributed by atoms with Crippen LogP contribution < -0.4 is 48.3 Å². The third-order valence-electron chi connectivity index (χ3n) is 7.12. The molecule has 0 radical (unpaired) electrons. The minimum absolute atomic E-state index is 0.0718. The van der Waals surface area contributed by atoms with E-state index in [0.717, 1.165) is 64.3 Å². The smallest absolute Gasteiger partial charge is 0.437 e. The molecule has 2 saturated carbocycles. The number of hydrogen-bond acceptors (Lipinski definition) is 7. The lowest BCUT2D eigenvalue weighted by atomic mass is 10.2. The zero-order valence-electron chi connectivity index (χ0n) is 28.6. The van der Waals surface area contributed by atoms with Crippen LogP contribution in [0.3, 0.4) is 0 Å². The van der Waals surface area contributed by atoms with E-state index >= 15 is 0 Å². The monoisotopic (exact) mass is 664 g/mol. The molecule has 17 nitrogen and oxygen atoms in total. The maximum absolute atomic E-state index is 13.0. The van der Waals surface area contributed by atoms with Gasteiger partial charge in [-0.25, -0.2) is 9.59 Å². The van der Waals surface area contributed by atoms with Gasteiger partial charge in [-0.15, -0.1) is 4.99 Å². The second-order valence-corrected chi connectivity index (χ2v) is 13.0. The Balaban J connectivity index is 1.67. The molecule has 0 aliphatic heterocycles. The lowest BCUT2D eigenvalue weighted by Crippen LogP contribution is -2.49. The van der Waals surface area contributed by atoms with E-state index in [1.807, 2.05) is 0 Å². The number of amides is 3. The molecule has 47 heavy (non-hydrogen) atoms. The SMILES string of the molecule is CC(C)(C)OC(=O)/N=C(/NCCCN(CCCNC(=N)N)C(=O)NC(=N)NCCCNCCCNC(=N)NCC1CC1)NCC1CC1. The van der Waals surface area contributed by atoms with Gasteiger partial charge in [-0.2, -0.15) is 0 Å². The number of carbonyl (C=O) groups excluding carboxylic acids is 2. The molecule has 0 heterocycles. The number of guanidine groups is 4. The summed E-state index contributed by atoms with van der Waals surface area (Å²) in [6.07, 6.45) is 6.96. The summed E-state index contributed by atoms with van der Waals surface area (Å²) in [4.78, 5) is 30.9. The predicted octanol–water partition coefficient (Wildman–Crippen LogP) is 0.560. The van der Waals surface area contributed by atoms with Gasteiger partial charge in [0.05, 0.1) is 0 Å². The van der Waals surface area contributed by atoms with E-state index in [2.05, 4.69) is 47.5 Å². The van der Waals surface area contributed by atoms with Gasteiger partial charge < -0.3 is 52.6 Å². The van der Waals surface area contributed by atoms with Gasteiger partial charge in [0.15, 0.2) is 17.9 Å². The molecule has 3 amide bonds. The Kier molecular flexibility index (Phi) is 18.1. The summed E-state index contributed by atoms with van der Waals surface area (Å²) in [7, 11) is 0. The van der Waals surface area contributed by atoms with E-state index < -0.39 is 17.7 Å². The van der Waals surface area contributed by atoms with Crippen LogP contribution in [0.4, 0.5) is 9.59 Å². The molecule has 0 bridgehead atoms. The molecule has 0 spiro atoms. The predicted molar refractivity (Wildman–Crippen MR) is 186 cm³/mol. The van der Waals surface area contributed by atoms with E-state index in [4.69, 9.17) is 26.7 Å². The van der Waals surface area contributed by atoms with Crippen molar-refractivity contribution in [1.82, 2.24) is 47.4 Å². The fourth-order valence-corrected chi connectivity index (χ4v) is 4.20. The molecule has 268 valence electrons. The van der Waals surface area contributed by atoms with Crippen molar-refractivity contribution >= 4 is 36.0 Å². The summed E-state index contributed by atoms with van der Waals surface area (Å²) in [5, 5.41) is 47.5. The number of urea groups is 1. The highest BCUT2D eigenvalue weighted by Crippen LogP contribution is 2.27. The normalized spacial score (nSPS) is 14.4. The fraction of sp³-hybridized carbons (Fsp3) is 0.800. The summed E-state index contributed by atoms with van der Waals surface area (Å²) in [5.41, 5.74) is 4.72. The summed E-state index contributed by atoms with van der Waals surface area (Å²) >= 11 is 0. The average Bonchev–Trinajstić information content (AvgIpc) is 3.91. The minimum atomic E-state index is -0.675. The molecule has 0 aromatic rings.